The summed E-state index contributed by atoms with van der Waals surface area (Å²) in [5, 5.41) is 2.67. The van der Waals surface area contributed by atoms with Crippen molar-refractivity contribution in [3.8, 4) is 5.75 Å². The Labute approximate surface area is 153 Å². The van der Waals surface area contributed by atoms with Gasteiger partial charge in [-0.3, -0.25) is 9.69 Å². The fraction of sp³-hybridized carbons (Fsp3) is 0.588. The summed E-state index contributed by atoms with van der Waals surface area (Å²) in [6, 6.07) is 4.62. The summed E-state index contributed by atoms with van der Waals surface area (Å²) in [6.07, 6.45) is 1.65. The molecular formula is C17H23N3O5S. The van der Waals surface area contributed by atoms with Gasteiger partial charge in [0.15, 0.2) is 6.61 Å². The highest BCUT2D eigenvalue weighted by molar-refractivity contribution is 7.89. The van der Waals surface area contributed by atoms with Crippen molar-refractivity contribution >= 4 is 21.6 Å². The molecule has 0 radical (unpaired) electrons. The Morgan fingerprint density at radius 3 is 2.73 bits per heavy atom. The minimum absolute atomic E-state index is 0.0534. The number of hydrogen-bond donors (Lipinski definition) is 1. The fourth-order valence-electron chi connectivity index (χ4n) is 3.89. The molecule has 1 amide bonds. The average Bonchev–Trinajstić information content (AvgIpc) is 2.64. The van der Waals surface area contributed by atoms with E-state index in [0.29, 0.717) is 44.3 Å². The van der Waals surface area contributed by atoms with E-state index in [1.54, 1.807) is 16.4 Å². The first kappa shape index (κ1) is 17.7. The van der Waals surface area contributed by atoms with Crippen LogP contribution in [-0.4, -0.2) is 75.6 Å². The molecule has 2 fully saturated rings. The Hall–Kier alpha value is -1.68. The number of carbonyl (C=O) groups excluding carboxylic acids is 1. The highest BCUT2D eigenvalue weighted by Gasteiger charge is 2.44. The van der Waals surface area contributed by atoms with Crippen molar-refractivity contribution in [2.75, 3.05) is 51.8 Å². The van der Waals surface area contributed by atoms with Crippen LogP contribution in [0.3, 0.4) is 0 Å². The van der Waals surface area contributed by atoms with Gasteiger partial charge in [-0.1, -0.05) is 0 Å². The molecule has 1 aromatic carbocycles. The topological polar surface area (TPSA) is 88.2 Å². The van der Waals surface area contributed by atoms with Crippen molar-refractivity contribution < 1.29 is 22.7 Å². The number of fused-ring (bicyclic) bond motifs is 1. The summed E-state index contributed by atoms with van der Waals surface area (Å²) in [6.45, 7) is 2.84. The lowest BCUT2D eigenvalue weighted by Gasteiger charge is -2.50. The van der Waals surface area contributed by atoms with Crippen LogP contribution in [-0.2, 0) is 19.6 Å². The maximum absolute atomic E-state index is 13.2. The summed E-state index contributed by atoms with van der Waals surface area (Å²) in [5.74, 6) is 0.204. The zero-order chi connectivity index (χ0) is 18.4. The molecule has 26 heavy (non-hydrogen) atoms. The fourth-order valence-corrected chi connectivity index (χ4v) is 5.43. The second-order valence-corrected chi connectivity index (χ2v) is 9.03. The number of carbonyl (C=O) groups is 1. The molecule has 0 aromatic heterocycles. The van der Waals surface area contributed by atoms with Crippen LogP contribution in [0.2, 0.25) is 0 Å². The molecule has 3 aliphatic rings. The van der Waals surface area contributed by atoms with E-state index < -0.39 is 10.0 Å². The number of hydrogen-bond acceptors (Lipinski definition) is 6. The number of anilines is 1. The van der Waals surface area contributed by atoms with Gasteiger partial charge in [-0.2, -0.15) is 4.31 Å². The number of ether oxygens (including phenoxy) is 2. The van der Waals surface area contributed by atoms with Crippen LogP contribution in [0.1, 0.15) is 12.8 Å². The largest absolute Gasteiger partial charge is 0.482 e. The molecule has 3 heterocycles. The maximum Gasteiger partial charge on any atom is 0.262 e. The third kappa shape index (κ3) is 2.98. The predicted molar refractivity (Wildman–Crippen MR) is 94.7 cm³/mol. The number of amides is 1. The van der Waals surface area contributed by atoms with Gasteiger partial charge in [-0.15, -0.1) is 0 Å². The summed E-state index contributed by atoms with van der Waals surface area (Å²) in [5.41, 5.74) is 0.229. The van der Waals surface area contributed by atoms with E-state index in [1.807, 2.05) is 0 Å². The van der Waals surface area contributed by atoms with Gasteiger partial charge in [0.05, 0.1) is 10.6 Å². The smallest absolute Gasteiger partial charge is 0.262 e. The number of benzene rings is 1. The quantitative estimate of drug-likeness (QED) is 0.803. The van der Waals surface area contributed by atoms with Gasteiger partial charge in [0, 0.05) is 38.4 Å². The van der Waals surface area contributed by atoms with E-state index in [0.717, 1.165) is 12.8 Å². The lowest BCUT2D eigenvalue weighted by atomic mass is 9.87. The zero-order valence-electron chi connectivity index (χ0n) is 14.7. The molecule has 0 atom stereocenters. The average molecular weight is 381 g/mol. The van der Waals surface area contributed by atoms with E-state index in [1.165, 1.54) is 6.07 Å². The van der Waals surface area contributed by atoms with E-state index in [9.17, 15) is 13.2 Å². The van der Waals surface area contributed by atoms with Crippen molar-refractivity contribution in [1.82, 2.24) is 9.21 Å². The van der Waals surface area contributed by atoms with Gasteiger partial charge in [-0.25, -0.2) is 8.42 Å². The van der Waals surface area contributed by atoms with Gasteiger partial charge in [0.25, 0.3) is 5.91 Å². The molecule has 8 nitrogen and oxygen atoms in total. The van der Waals surface area contributed by atoms with Crippen molar-refractivity contribution in [2.24, 2.45) is 0 Å². The molecule has 0 unspecified atom stereocenters. The first-order chi connectivity index (χ1) is 12.4. The second-order valence-electron chi connectivity index (χ2n) is 7.09. The zero-order valence-corrected chi connectivity index (χ0v) is 15.5. The standard InChI is InChI=1S/C17H23N3O5S/c1-19-6-7-20(12-17(19)4-8-24-9-5-17)26(22,23)13-2-3-15-14(10-13)18-16(21)11-25-15/h2-3,10H,4-9,11-12H2,1H3,(H,18,21). The first-order valence-electron chi connectivity index (χ1n) is 8.77. The monoisotopic (exact) mass is 381 g/mol. The summed E-state index contributed by atoms with van der Waals surface area (Å²) in [4.78, 5) is 14.0. The number of piperazine rings is 1. The number of nitrogens with one attached hydrogen (secondary N) is 1. The molecule has 1 aromatic rings. The molecule has 3 aliphatic heterocycles. The van der Waals surface area contributed by atoms with Crippen molar-refractivity contribution in [1.29, 1.82) is 0 Å². The van der Waals surface area contributed by atoms with Gasteiger partial charge in [0.1, 0.15) is 5.75 Å². The molecule has 0 aliphatic carbocycles. The third-order valence-corrected chi connectivity index (χ3v) is 7.45. The molecule has 142 valence electrons. The van der Waals surface area contributed by atoms with Crippen molar-refractivity contribution in [3.05, 3.63) is 18.2 Å². The predicted octanol–water partition coefficient (Wildman–Crippen LogP) is 0.503. The lowest BCUT2D eigenvalue weighted by Crippen LogP contribution is -2.63. The van der Waals surface area contributed by atoms with Crippen LogP contribution < -0.4 is 10.1 Å². The third-order valence-electron chi connectivity index (χ3n) is 5.61. The minimum atomic E-state index is -3.65. The SMILES string of the molecule is CN1CCN(S(=O)(=O)c2ccc3c(c2)NC(=O)CO3)CC12CCOCC2. The number of sulfonamides is 1. The summed E-state index contributed by atoms with van der Waals surface area (Å²) < 4.78 is 38.8. The molecule has 1 spiro atoms. The Bertz CT molecular complexity index is 820. The van der Waals surface area contributed by atoms with Gasteiger partial charge < -0.3 is 14.8 Å². The molecule has 1 N–H and O–H groups in total. The van der Waals surface area contributed by atoms with Crippen LogP contribution in [0, 0.1) is 0 Å². The van der Waals surface area contributed by atoms with Crippen LogP contribution in [0.5, 0.6) is 5.75 Å². The van der Waals surface area contributed by atoms with E-state index in [4.69, 9.17) is 9.47 Å². The van der Waals surface area contributed by atoms with Crippen LogP contribution >= 0.6 is 0 Å². The Balaban J connectivity index is 1.62. The number of rotatable bonds is 2. The number of likely N-dealkylation sites (N-methyl/N-ethyl adjacent to an activating group) is 1. The molecular weight excluding hydrogens is 358 g/mol. The normalized spacial score (nSPS) is 24.0. The Kier molecular flexibility index (Phi) is 4.42. The summed E-state index contributed by atoms with van der Waals surface area (Å²) in [7, 11) is -1.60. The molecule has 2 saturated heterocycles. The molecule has 0 saturated carbocycles. The maximum atomic E-state index is 13.2. The van der Waals surface area contributed by atoms with E-state index >= 15 is 0 Å². The summed E-state index contributed by atoms with van der Waals surface area (Å²) >= 11 is 0. The highest BCUT2D eigenvalue weighted by Crippen LogP contribution is 2.35. The van der Waals surface area contributed by atoms with Crippen molar-refractivity contribution in [3.63, 3.8) is 0 Å². The first-order valence-corrected chi connectivity index (χ1v) is 10.2. The molecule has 4 rings (SSSR count). The van der Waals surface area contributed by atoms with Crippen LogP contribution in [0.4, 0.5) is 5.69 Å². The highest BCUT2D eigenvalue weighted by atomic mass is 32.2. The molecule has 0 bridgehead atoms. The minimum Gasteiger partial charge on any atom is -0.482 e. The lowest BCUT2D eigenvalue weighted by molar-refractivity contribution is -0.118. The number of nitrogens with zero attached hydrogens (tertiary/aromatic N) is 2. The van der Waals surface area contributed by atoms with Gasteiger partial charge >= 0.3 is 0 Å². The Morgan fingerprint density at radius 1 is 1.19 bits per heavy atom. The van der Waals surface area contributed by atoms with Crippen LogP contribution in [0.15, 0.2) is 23.1 Å². The van der Waals surface area contributed by atoms with Crippen LogP contribution in [0.25, 0.3) is 0 Å². The van der Waals surface area contributed by atoms with Gasteiger partial charge in [0.2, 0.25) is 10.0 Å². The van der Waals surface area contributed by atoms with Gasteiger partial charge in [-0.05, 0) is 38.1 Å². The second kappa shape index (κ2) is 6.49. The van der Waals surface area contributed by atoms with E-state index in [-0.39, 0.29) is 22.9 Å². The van der Waals surface area contributed by atoms with Crippen molar-refractivity contribution in [2.45, 2.75) is 23.3 Å². The van der Waals surface area contributed by atoms with E-state index in [2.05, 4.69) is 17.3 Å². The Morgan fingerprint density at radius 2 is 1.96 bits per heavy atom. The molecule has 9 heteroatoms.